The average molecular weight is 349 g/mol. The van der Waals surface area contributed by atoms with Gasteiger partial charge in [0.25, 0.3) is 5.91 Å². The molecule has 3 rings (SSSR count). The van der Waals surface area contributed by atoms with Gasteiger partial charge in [0.05, 0.1) is 17.0 Å². The first-order valence-electron chi connectivity index (χ1n) is 6.67. The molecule has 0 unspecified atom stereocenters. The topological polar surface area (TPSA) is 85.1 Å². The average Bonchev–Trinajstić information content (AvgIpc) is 3.04. The fourth-order valence-electron chi connectivity index (χ4n) is 2.25. The lowest BCUT2D eigenvalue weighted by atomic mass is 10.1. The fourth-order valence-corrected chi connectivity index (χ4v) is 4.07. The zero-order chi connectivity index (χ0) is 16.6. The van der Waals surface area contributed by atoms with Crippen molar-refractivity contribution in [2.75, 3.05) is 5.32 Å². The largest absolute Gasteiger partial charge is 0.369 e. The van der Waals surface area contributed by atoms with Crippen LogP contribution in [0.5, 0.6) is 0 Å². The van der Waals surface area contributed by atoms with Gasteiger partial charge in [0, 0.05) is 15.5 Å². The second-order valence-electron chi connectivity index (χ2n) is 4.91. The van der Waals surface area contributed by atoms with E-state index in [0.717, 1.165) is 4.70 Å². The number of nitrogens with one attached hydrogen (secondary N) is 1. The Morgan fingerprint density at radius 3 is 2.87 bits per heavy atom. The van der Waals surface area contributed by atoms with Crippen LogP contribution in [0.3, 0.4) is 0 Å². The summed E-state index contributed by atoms with van der Waals surface area (Å²) in [6.07, 6.45) is 0.0273. The van der Waals surface area contributed by atoms with Gasteiger partial charge < -0.3 is 5.73 Å². The molecule has 0 spiro atoms. The van der Waals surface area contributed by atoms with Crippen LogP contribution in [0.15, 0.2) is 23.6 Å². The van der Waals surface area contributed by atoms with Gasteiger partial charge in [-0.3, -0.25) is 14.9 Å². The van der Waals surface area contributed by atoms with E-state index in [1.807, 2.05) is 0 Å². The van der Waals surface area contributed by atoms with Crippen molar-refractivity contribution in [1.29, 1.82) is 0 Å². The number of amides is 2. The molecule has 3 aromatic rings. The Hall–Kier alpha value is -2.32. The summed E-state index contributed by atoms with van der Waals surface area (Å²) in [6.45, 7) is 1.72. The summed E-state index contributed by atoms with van der Waals surface area (Å²) >= 11 is 2.44. The molecule has 0 saturated carbocycles. The maximum absolute atomic E-state index is 13.9. The molecule has 0 radical (unpaired) electrons. The molecule has 23 heavy (non-hydrogen) atoms. The third kappa shape index (κ3) is 3.08. The molecule has 0 aliphatic rings. The molecule has 0 fully saturated rings. The van der Waals surface area contributed by atoms with Crippen LogP contribution in [0.25, 0.3) is 10.1 Å². The third-order valence-electron chi connectivity index (χ3n) is 3.24. The summed E-state index contributed by atoms with van der Waals surface area (Å²) < 4.78 is 14.6. The number of nitrogens with two attached hydrogens (primary N) is 1. The highest BCUT2D eigenvalue weighted by molar-refractivity contribution is 7.21. The first kappa shape index (κ1) is 15.6. The number of halogens is 1. The Morgan fingerprint density at radius 2 is 2.17 bits per heavy atom. The summed E-state index contributed by atoms with van der Waals surface area (Å²) in [7, 11) is 0. The normalized spacial score (nSPS) is 10.9. The zero-order valence-electron chi connectivity index (χ0n) is 12.1. The van der Waals surface area contributed by atoms with Gasteiger partial charge in [-0.2, -0.15) is 0 Å². The fraction of sp³-hybridized carbons (Fsp3) is 0.133. The number of hydrogen-bond acceptors (Lipinski definition) is 5. The predicted molar refractivity (Wildman–Crippen MR) is 89.5 cm³/mol. The van der Waals surface area contributed by atoms with E-state index < -0.39 is 5.91 Å². The summed E-state index contributed by atoms with van der Waals surface area (Å²) in [6, 6.07) is 4.77. The number of hydrogen-bond donors (Lipinski definition) is 2. The number of aromatic nitrogens is 1. The molecular formula is C15H12FN3O2S2. The van der Waals surface area contributed by atoms with E-state index in [1.54, 1.807) is 24.4 Å². The second-order valence-corrected chi connectivity index (χ2v) is 6.82. The number of benzene rings is 1. The van der Waals surface area contributed by atoms with Gasteiger partial charge in [0.15, 0.2) is 5.13 Å². The number of thiophene rings is 1. The SMILES string of the molecule is Cc1c(C(=O)Nc2nc(CC(N)=O)cs2)sc2cccc(F)c12. The second kappa shape index (κ2) is 6.05. The van der Waals surface area contributed by atoms with Gasteiger partial charge in [-0.1, -0.05) is 6.07 Å². The quantitative estimate of drug-likeness (QED) is 0.759. The van der Waals surface area contributed by atoms with E-state index in [1.165, 1.54) is 28.7 Å². The number of fused-ring (bicyclic) bond motifs is 1. The van der Waals surface area contributed by atoms with Crippen LogP contribution >= 0.6 is 22.7 Å². The van der Waals surface area contributed by atoms with Crippen molar-refractivity contribution in [3.05, 3.63) is 45.5 Å². The summed E-state index contributed by atoms with van der Waals surface area (Å²) in [5.41, 5.74) is 6.22. The molecule has 0 aliphatic carbocycles. The number of rotatable bonds is 4. The zero-order valence-corrected chi connectivity index (χ0v) is 13.7. The molecule has 1 aromatic carbocycles. The molecule has 0 atom stereocenters. The summed E-state index contributed by atoms with van der Waals surface area (Å²) in [4.78, 5) is 27.8. The van der Waals surface area contributed by atoms with Crippen LogP contribution < -0.4 is 11.1 Å². The van der Waals surface area contributed by atoms with Crippen LogP contribution in [0.4, 0.5) is 9.52 Å². The van der Waals surface area contributed by atoms with Gasteiger partial charge in [-0.25, -0.2) is 9.37 Å². The molecule has 2 aromatic heterocycles. The van der Waals surface area contributed by atoms with Crippen molar-refractivity contribution in [2.45, 2.75) is 13.3 Å². The monoisotopic (exact) mass is 349 g/mol. The Morgan fingerprint density at radius 1 is 1.39 bits per heavy atom. The predicted octanol–water partition coefficient (Wildman–Crippen LogP) is 3.09. The Bertz CT molecular complexity index is 917. The van der Waals surface area contributed by atoms with Crippen LogP contribution in [0.2, 0.25) is 0 Å². The number of anilines is 1. The summed E-state index contributed by atoms with van der Waals surface area (Å²) in [5.74, 6) is -1.17. The number of thiazole rings is 1. The van der Waals surface area contributed by atoms with E-state index >= 15 is 0 Å². The third-order valence-corrected chi connectivity index (χ3v) is 5.30. The van der Waals surface area contributed by atoms with E-state index in [0.29, 0.717) is 26.7 Å². The van der Waals surface area contributed by atoms with Crippen LogP contribution in [0, 0.1) is 12.7 Å². The van der Waals surface area contributed by atoms with E-state index in [4.69, 9.17) is 5.73 Å². The number of nitrogens with zero attached hydrogens (tertiary/aromatic N) is 1. The smallest absolute Gasteiger partial charge is 0.267 e. The molecular weight excluding hydrogens is 337 g/mol. The standard InChI is InChI=1S/C15H12FN3O2S2/c1-7-12-9(16)3-2-4-10(12)23-13(7)14(21)19-15-18-8(6-22-15)5-11(17)20/h2-4,6H,5H2,1H3,(H2,17,20)(H,18,19,21). The van der Waals surface area contributed by atoms with Crippen LogP contribution in [0.1, 0.15) is 20.9 Å². The van der Waals surface area contributed by atoms with Crippen molar-refractivity contribution >= 4 is 49.7 Å². The number of primary amides is 1. The van der Waals surface area contributed by atoms with E-state index in [9.17, 15) is 14.0 Å². The van der Waals surface area contributed by atoms with Crippen molar-refractivity contribution in [2.24, 2.45) is 5.73 Å². The first-order chi connectivity index (χ1) is 11.0. The summed E-state index contributed by atoms with van der Waals surface area (Å²) in [5, 5.41) is 5.19. The Labute approximate surface area is 139 Å². The molecule has 0 saturated heterocycles. The molecule has 5 nitrogen and oxygen atoms in total. The minimum absolute atomic E-state index is 0.0273. The lowest BCUT2D eigenvalue weighted by molar-refractivity contribution is -0.117. The van der Waals surface area contributed by atoms with Crippen molar-refractivity contribution in [1.82, 2.24) is 4.98 Å². The number of aryl methyl sites for hydroxylation is 1. The lowest BCUT2D eigenvalue weighted by Crippen LogP contribution is -2.14. The maximum atomic E-state index is 13.9. The highest BCUT2D eigenvalue weighted by atomic mass is 32.1. The molecule has 8 heteroatoms. The molecule has 3 N–H and O–H groups in total. The number of carbonyl (C=O) groups excluding carboxylic acids is 2. The van der Waals surface area contributed by atoms with Gasteiger partial charge >= 0.3 is 0 Å². The molecule has 118 valence electrons. The molecule has 2 amide bonds. The van der Waals surface area contributed by atoms with Gasteiger partial charge in [0.1, 0.15) is 5.82 Å². The van der Waals surface area contributed by atoms with Crippen LogP contribution in [-0.2, 0) is 11.2 Å². The van der Waals surface area contributed by atoms with Crippen molar-refractivity contribution in [3.63, 3.8) is 0 Å². The number of carbonyl (C=O) groups is 2. The van der Waals surface area contributed by atoms with E-state index in [-0.39, 0.29) is 18.1 Å². The van der Waals surface area contributed by atoms with Gasteiger partial charge in [0.2, 0.25) is 5.91 Å². The Balaban J connectivity index is 1.86. The highest BCUT2D eigenvalue weighted by Gasteiger charge is 2.18. The highest BCUT2D eigenvalue weighted by Crippen LogP contribution is 2.33. The van der Waals surface area contributed by atoms with Crippen LogP contribution in [-0.4, -0.2) is 16.8 Å². The van der Waals surface area contributed by atoms with Crippen molar-refractivity contribution < 1.29 is 14.0 Å². The minimum Gasteiger partial charge on any atom is -0.369 e. The maximum Gasteiger partial charge on any atom is 0.267 e. The molecule has 0 bridgehead atoms. The van der Waals surface area contributed by atoms with Gasteiger partial charge in [-0.05, 0) is 24.6 Å². The van der Waals surface area contributed by atoms with E-state index in [2.05, 4.69) is 10.3 Å². The molecule has 2 heterocycles. The first-order valence-corrected chi connectivity index (χ1v) is 8.37. The minimum atomic E-state index is -0.482. The Kier molecular flexibility index (Phi) is 4.10. The lowest BCUT2D eigenvalue weighted by Gasteiger charge is -2.00. The van der Waals surface area contributed by atoms with Gasteiger partial charge in [-0.15, -0.1) is 22.7 Å². The van der Waals surface area contributed by atoms with Crippen molar-refractivity contribution in [3.8, 4) is 0 Å². The molecule has 0 aliphatic heterocycles.